The minimum Gasteiger partial charge on any atom is -0.301 e. The Bertz CT molecular complexity index is 1180. The molecule has 6 nitrogen and oxygen atoms in total. The number of para-hydroxylation sites is 1. The summed E-state index contributed by atoms with van der Waals surface area (Å²) in [7, 11) is 0. The second kappa shape index (κ2) is 9.64. The molecule has 1 atom stereocenters. The molecule has 0 aliphatic heterocycles. The Balaban J connectivity index is 1.71. The number of rotatable bonds is 7. The van der Waals surface area contributed by atoms with E-state index in [1.807, 2.05) is 72.3 Å². The van der Waals surface area contributed by atoms with Gasteiger partial charge < -0.3 is 5.32 Å². The smallest absolute Gasteiger partial charge is 0.239 e. The van der Waals surface area contributed by atoms with E-state index in [2.05, 4.69) is 20.5 Å². The third-order valence-electron chi connectivity index (χ3n) is 4.65. The van der Waals surface area contributed by atoms with E-state index in [1.54, 1.807) is 6.20 Å². The van der Waals surface area contributed by atoms with E-state index in [0.717, 1.165) is 16.8 Å². The number of aromatic nitrogens is 4. The van der Waals surface area contributed by atoms with Crippen molar-refractivity contribution in [1.82, 2.24) is 19.7 Å². The number of thiazole rings is 1. The molecule has 0 saturated carbocycles. The van der Waals surface area contributed by atoms with Crippen LogP contribution in [0.4, 0.5) is 5.13 Å². The van der Waals surface area contributed by atoms with Crippen LogP contribution in [-0.2, 0) is 4.79 Å². The minimum atomic E-state index is -0.343. The van der Waals surface area contributed by atoms with Gasteiger partial charge in [-0.05, 0) is 37.1 Å². The fourth-order valence-electron chi connectivity index (χ4n) is 3.00. The highest BCUT2D eigenvalue weighted by Crippen LogP contribution is 2.33. The lowest BCUT2D eigenvalue weighted by atomic mass is 10.1. The molecule has 158 valence electrons. The summed E-state index contributed by atoms with van der Waals surface area (Å²) >= 11 is 9.14. The van der Waals surface area contributed by atoms with E-state index >= 15 is 0 Å². The summed E-state index contributed by atoms with van der Waals surface area (Å²) in [6, 6.07) is 15.7. The molecule has 0 saturated heterocycles. The van der Waals surface area contributed by atoms with Crippen LogP contribution >= 0.6 is 34.7 Å². The van der Waals surface area contributed by atoms with Gasteiger partial charge in [0.05, 0.1) is 5.25 Å². The fraction of sp³-hybridized carbons (Fsp3) is 0.182. The topological polar surface area (TPSA) is 72.7 Å². The highest BCUT2D eigenvalue weighted by molar-refractivity contribution is 8.00. The maximum atomic E-state index is 12.8. The van der Waals surface area contributed by atoms with Gasteiger partial charge in [-0.3, -0.25) is 9.36 Å². The molecule has 0 fully saturated rings. The number of thioether (sulfide) groups is 1. The number of nitrogens with zero attached hydrogens (tertiary/aromatic N) is 4. The number of nitrogens with one attached hydrogen (secondary N) is 1. The zero-order valence-electron chi connectivity index (χ0n) is 16.9. The third-order valence-corrected chi connectivity index (χ3v) is 7.05. The van der Waals surface area contributed by atoms with Gasteiger partial charge in [0.1, 0.15) is 0 Å². The molecule has 0 unspecified atom stereocenters. The number of aryl methyl sites for hydroxylation is 1. The fourth-order valence-corrected chi connectivity index (χ4v) is 4.68. The molecule has 0 radical (unpaired) electrons. The lowest BCUT2D eigenvalue weighted by Gasteiger charge is -2.15. The van der Waals surface area contributed by atoms with E-state index < -0.39 is 0 Å². The number of anilines is 1. The predicted molar refractivity (Wildman–Crippen MR) is 127 cm³/mol. The molecule has 0 aliphatic rings. The van der Waals surface area contributed by atoms with E-state index in [0.29, 0.717) is 27.6 Å². The Hall–Kier alpha value is -2.68. The summed E-state index contributed by atoms with van der Waals surface area (Å²) in [6.45, 7) is 3.94. The van der Waals surface area contributed by atoms with Crippen LogP contribution in [0.15, 0.2) is 65.3 Å². The maximum Gasteiger partial charge on any atom is 0.239 e. The van der Waals surface area contributed by atoms with Crippen LogP contribution in [0.3, 0.4) is 0 Å². The number of halogens is 1. The maximum absolute atomic E-state index is 12.8. The predicted octanol–water partition coefficient (Wildman–Crippen LogP) is 5.86. The van der Waals surface area contributed by atoms with Crippen LogP contribution in [0.2, 0.25) is 5.02 Å². The van der Waals surface area contributed by atoms with Crippen molar-refractivity contribution in [1.29, 1.82) is 0 Å². The van der Waals surface area contributed by atoms with Gasteiger partial charge >= 0.3 is 0 Å². The first-order valence-electron chi connectivity index (χ1n) is 9.71. The van der Waals surface area contributed by atoms with Gasteiger partial charge in [0.15, 0.2) is 16.1 Å². The molecule has 1 N–H and O–H groups in total. The first kappa shape index (κ1) is 21.5. The third kappa shape index (κ3) is 4.81. The second-order valence-corrected chi connectivity index (χ2v) is 9.25. The van der Waals surface area contributed by atoms with Gasteiger partial charge in [-0.25, -0.2) is 4.98 Å². The van der Waals surface area contributed by atoms with Crippen molar-refractivity contribution >= 4 is 45.7 Å². The highest BCUT2D eigenvalue weighted by atomic mass is 35.5. The lowest BCUT2D eigenvalue weighted by Crippen LogP contribution is -2.25. The largest absolute Gasteiger partial charge is 0.301 e. The van der Waals surface area contributed by atoms with E-state index in [1.165, 1.54) is 23.1 Å². The van der Waals surface area contributed by atoms with Crippen LogP contribution in [0.25, 0.3) is 17.1 Å². The van der Waals surface area contributed by atoms with Crippen molar-refractivity contribution in [3.05, 3.63) is 70.7 Å². The monoisotopic (exact) mass is 469 g/mol. The van der Waals surface area contributed by atoms with E-state index in [9.17, 15) is 4.79 Å². The Kier molecular flexibility index (Phi) is 6.70. The molecule has 0 spiro atoms. The summed E-state index contributed by atoms with van der Waals surface area (Å²) in [4.78, 5) is 16.9. The molecule has 0 aliphatic carbocycles. The molecule has 2 heterocycles. The van der Waals surface area contributed by atoms with Gasteiger partial charge in [0, 0.05) is 27.9 Å². The summed E-state index contributed by atoms with van der Waals surface area (Å²) < 4.78 is 1.96. The number of amides is 1. The molecule has 9 heteroatoms. The van der Waals surface area contributed by atoms with Crippen molar-refractivity contribution in [2.75, 3.05) is 5.32 Å². The van der Waals surface area contributed by atoms with Gasteiger partial charge in [-0.2, -0.15) is 0 Å². The standard InChI is InChI=1S/C22H20ClN5OS2/c1-3-18(20(29)25-21-24-11-12-30-21)31-22-27-26-19(15-10-9-14(2)17(23)13-15)28(22)16-7-5-4-6-8-16/h4-13,18H,3H2,1-2H3,(H,24,25,29)/t18-/m0/s1. The average Bonchev–Trinajstić information content (AvgIpc) is 3.44. The number of hydrogen-bond donors (Lipinski definition) is 1. The summed E-state index contributed by atoms with van der Waals surface area (Å²) in [6.07, 6.45) is 2.30. The Morgan fingerprint density at radius 1 is 1.23 bits per heavy atom. The van der Waals surface area contributed by atoms with E-state index in [-0.39, 0.29) is 11.2 Å². The molecular formula is C22H20ClN5OS2. The number of carbonyl (C=O) groups excluding carboxylic acids is 1. The SMILES string of the molecule is CC[C@H](Sc1nnc(-c2ccc(C)c(Cl)c2)n1-c1ccccc1)C(=O)Nc1nccs1. The van der Waals surface area contributed by atoms with Gasteiger partial charge in [0.25, 0.3) is 0 Å². The number of benzene rings is 2. The molecule has 1 amide bonds. The molecule has 0 bridgehead atoms. The quantitative estimate of drug-likeness (QED) is 0.343. The number of carbonyl (C=O) groups is 1. The van der Waals surface area contributed by atoms with Crippen LogP contribution in [0.1, 0.15) is 18.9 Å². The Morgan fingerprint density at radius 2 is 2.03 bits per heavy atom. The van der Waals surface area contributed by atoms with Crippen LogP contribution in [0.5, 0.6) is 0 Å². The van der Waals surface area contributed by atoms with Crippen molar-refractivity contribution < 1.29 is 4.79 Å². The van der Waals surface area contributed by atoms with Crippen LogP contribution in [-0.4, -0.2) is 30.9 Å². The zero-order chi connectivity index (χ0) is 21.8. The normalized spacial score (nSPS) is 12.0. The van der Waals surface area contributed by atoms with Crippen molar-refractivity contribution in [2.45, 2.75) is 30.7 Å². The van der Waals surface area contributed by atoms with Crippen molar-refractivity contribution in [3.63, 3.8) is 0 Å². The minimum absolute atomic E-state index is 0.106. The first-order chi connectivity index (χ1) is 15.1. The van der Waals surface area contributed by atoms with Crippen LogP contribution < -0.4 is 5.32 Å². The van der Waals surface area contributed by atoms with Crippen molar-refractivity contribution in [3.8, 4) is 17.1 Å². The Labute approximate surface area is 193 Å². The van der Waals surface area contributed by atoms with E-state index in [4.69, 9.17) is 11.6 Å². The molecular weight excluding hydrogens is 450 g/mol. The molecule has 2 aromatic carbocycles. The van der Waals surface area contributed by atoms with Crippen LogP contribution in [0, 0.1) is 6.92 Å². The molecule has 31 heavy (non-hydrogen) atoms. The zero-order valence-corrected chi connectivity index (χ0v) is 19.3. The summed E-state index contributed by atoms with van der Waals surface area (Å²) in [5, 5.41) is 15.1. The second-order valence-electron chi connectivity index (χ2n) is 6.78. The highest BCUT2D eigenvalue weighted by Gasteiger charge is 2.24. The summed E-state index contributed by atoms with van der Waals surface area (Å²) in [5.41, 5.74) is 2.77. The summed E-state index contributed by atoms with van der Waals surface area (Å²) in [5.74, 6) is 0.566. The molecule has 4 aromatic rings. The Morgan fingerprint density at radius 3 is 2.71 bits per heavy atom. The van der Waals surface area contributed by atoms with Gasteiger partial charge in [-0.15, -0.1) is 21.5 Å². The molecule has 2 aromatic heterocycles. The average molecular weight is 470 g/mol. The first-order valence-corrected chi connectivity index (χ1v) is 11.8. The van der Waals surface area contributed by atoms with Gasteiger partial charge in [-0.1, -0.05) is 60.6 Å². The number of hydrogen-bond acceptors (Lipinski definition) is 6. The van der Waals surface area contributed by atoms with Crippen molar-refractivity contribution in [2.24, 2.45) is 0 Å². The van der Waals surface area contributed by atoms with Gasteiger partial charge in [0.2, 0.25) is 5.91 Å². The molecule has 4 rings (SSSR count). The lowest BCUT2D eigenvalue weighted by molar-refractivity contribution is -0.115.